The van der Waals surface area contributed by atoms with Crippen LogP contribution in [0.5, 0.6) is 5.75 Å². The molecule has 2 aromatic carbocycles. The first-order valence-corrected chi connectivity index (χ1v) is 11.8. The van der Waals surface area contributed by atoms with Crippen molar-refractivity contribution in [3.8, 4) is 5.75 Å². The molecular weight excluding hydrogens is 425 g/mol. The molecule has 0 radical (unpaired) electrons. The van der Waals surface area contributed by atoms with Gasteiger partial charge in [0.25, 0.3) is 5.91 Å². The summed E-state index contributed by atoms with van der Waals surface area (Å²) in [7, 11) is 0. The van der Waals surface area contributed by atoms with Gasteiger partial charge in [-0.2, -0.15) is 0 Å². The van der Waals surface area contributed by atoms with E-state index < -0.39 is 0 Å². The van der Waals surface area contributed by atoms with Gasteiger partial charge in [-0.25, -0.2) is 9.37 Å². The molecule has 1 amide bonds. The number of nitrogens with zero attached hydrogens (tertiary/aromatic N) is 2. The summed E-state index contributed by atoms with van der Waals surface area (Å²) in [5.41, 5.74) is 2.54. The summed E-state index contributed by atoms with van der Waals surface area (Å²) in [6.07, 6.45) is 3.21. The van der Waals surface area contributed by atoms with Crippen LogP contribution in [0, 0.1) is 11.7 Å². The standard InChI is InChI=1S/C25H22FN3O2S/c26-17-9-6-15(7-10-17)14-31-20-4-1-3-19-22(20)28-24(27-19)23-16-8-11-18(13-16)29(23)25(30)21-5-2-12-32-21/h1-7,9-10,12,16,18,23H,8,11,13-14H2,(H,27,28)/t16-,18+,23-/m0/s1. The minimum Gasteiger partial charge on any atom is -0.487 e. The number of nitrogens with one attached hydrogen (secondary N) is 1. The Bertz CT molecular complexity index is 1270. The van der Waals surface area contributed by atoms with Gasteiger partial charge in [-0.05, 0) is 66.5 Å². The summed E-state index contributed by atoms with van der Waals surface area (Å²) in [6, 6.07) is 16.2. The number of imidazole rings is 1. The maximum atomic E-state index is 13.3. The third-order valence-electron chi connectivity index (χ3n) is 6.63. The third-order valence-corrected chi connectivity index (χ3v) is 7.49. The number of aromatic nitrogens is 2. The largest absolute Gasteiger partial charge is 0.487 e. The van der Waals surface area contributed by atoms with Gasteiger partial charge in [0, 0.05) is 6.04 Å². The van der Waals surface area contributed by atoms with E-state index in [9.17, 15) is 9.18 Å². The van der Waals surface area contributed by atoms with Gasteiger partial charge in [0.2, 0.25) is 0 Å². The number of benzene rings is 2. The first-order chi connectivity index (χ1) is 15.7. The number of likely N-dealkylation sites (tertiary alicyclic amines) is 1. The topological polar surface area (TPSA) is 58.2 Å². The van der Waals surface area contributed by atoms with Crippen molar-refractivity contribution < 1.29 is 13.9 Å². The first-order valence-electron chi connectivity index (χ1n) is 10.9. The van der Waals surface area contributed by atoms with E-state index in [0.717, 1.165) is 46.6 Å². The highest BCUT2D eigenvalue weighted by Gasteiger charge is 2.50. The average molecular weight is 448 g/mol. The molecule has 1 saturated heterocycles. The molecule has 3 heterocycles. The number of fused-ring (bicyclic) bond motifs is 3. The molecule has 1 N–H and O–H groups in total. The molecule has 0 unspecified atom stereocenters. The third kappa shape index (κ3) is 3.28. The monoisotopic (exact) mass is 447 g/mol. The zero-order chi connectivity index (χ0) is 21.7. The van der Waals surface area contributed by atoms with Crippen molar-refractivity contribution in [3.63, 3.8) is 0 Å². The first kappa shape index (κ1) is 19.5. The molecule has 0 spiro atoms. The van der Waals surface area contributed by atoms with E-state index in [1.165, 1.54) is 23.5 Å². The summed E-state index contributed by atoms with van der Waals surface area (Å²) in [6.45, 7) is 0.332. The SMILES string of the molecule is O=C(c1cccs1)N1[C@@H]2CC[C@@H](C2)[C@H]1c1nc2c(OCc3ccc(F)cc3)cccc2[nH]1. The van der Waals surface area contributed by atoms with Crippen molar-refractivity contribution in [2.24, 2.45) is 5.92 Å². The molecule has 7 heteroatoms. The summed E-state index contributed by atoms with van der Waals surface area (Å²) in [5, 5.41) is 1.95. The van der Waals surface area contributed by atoms with E-state index in [1.807, 2.05) is 35.7 Å². The van der Waals surface area contributed by atoms with Gasteiger partial charge in [-0.1, -0.05) is 24.3 Å². The number of carbonyl (C=O) groups is 1. The van der Waals surface area contributed by atoms with Crippen LogP contribution in [0.25, 0.3) is 11.0 Å². The van der Waals surface area contributed by atoms with Crippen LogP contribution in [0.2, 0.25) is 0 Å². The number of piperidine rings is 1. The van der Waals surface area contributed by atoms with Crippen molar-refractivity contribution in [1.29, 1.82) is 0 Å². The molecule has 1 aliphatic heterocycles. The summed E-state index contributed by atoms with van der Waals surface area (Å²) >= 11 is 1.49. The molecular formula is C25H22FN3O2S. The van der Waals surface area contributed by atoms with Gasteiger partial charge in [0.1, 0.15) is 29.5 Å². The highest BCUT2D eigenvalue weighted by molar-refractivity contribution is 7.12. The smallest absolute Gasteiger partial charge is 0.264 e. The van der Waals surface area contributed by atoms with Crippen molar-refractivity contribution in [2.45, 2.75) is 38.0 Å². The van der Waals surface area contributed by atoms with Crippen molar-refractivity contribution in [1.82, 2.24) is 14.9 Å². The van der Waals surface area contributed by atoms with Crippen LogP contribution in [0.4, 0.5) is 4.39 Å². The number of thiophene rings is 1. The molecule has 3 atom stereocenters. The Morgan fingerprint density at radius 1 is 1.16 bits per heavy atom. The summed E-state index contributed by atoms with van der Waals surface area (Å²) in [4.78, 5) is 24.5. The van der Waals surface area contributed by atoms with Crippen molar-refractivity contribution in [3.05, 3.63) is 82.1 Å². The fourth-order valence-electron chi connectivity index (χ4n) is 5.18. The zero-order valence-corrected chi connectivity index (χ0v) is 18.1. The van der Waals surface area contributed by atoms with Crippen LogP contribution in [-0.4, -0.2) is 26.8 Å². The van der Waals surface area contributed by atoms with Crippen LogP contribution in [0.1, 0.15) is 46.4 Å². The molecule has 2 aliphatic rings. The Labute approximate surface area is 188 Å². The predicted molar refractivity (Wildman–Crippen MR) is 121 cm³/mol. The van der Waals surface area contributed by atoms with E-state index >= 15 is 0 Å². The molecule has 1 saturated carbocycles. The van der Waals surface area contributed by atoms with Crippen molar-refractivity contribution in [2.75, 3.05) is 0 Å². The van der Waals surface area contributed by atoms with Crippen LogP contribution in [0.15, 0.2) is 60.0 Å². The molecule has 1 aliphatic carbocycles. The second kappa shape index (κ2) is 7.74. The lowest BCUT2D eigenvalue weighted by Crippen LogP contribution is -2.40. The van der Waals surface area contributed by atoms with Gasteiger partial charge in [-0.15, -0.1) is 11.3 Å². The van der Waals surface area contributed by atoms with Gasteiger partial charge in [0.15, 0.2) is 0 Å². The minimum atomic E-state index is -0.264. The van der Waals surface area contributed by atoms with Crippen molar-refractivity contribution >= 4 is 28.3 Å². The number of hydrogen-bond donors (Lipinski definition) is 1. The lowest BCUT2D eigenvalue weighted by atomic mass is 9.98. The fraction of sp³-hybridized carbons (Fsp3) is 0.280. The number of aromatic amines is 1. The van der Waals surface area contributed by atoms with Gasteiger partial charge in [0.05, 0.1) is 16.4 Å². The van der Waals surface area contributed by atoms with E-state index in [0.29, 0.717) is 18.3 Å². The molecule has 2 aromatic heterocycles. The number of ether oxygens (including phenoxy) is 1. The molecule has 2 fully saturated rings. The van der Waals surface area contributed by atoms with Gasteiger partial charge >= 0.3 is 0 Å². The number of halogens is 1. The Morgan fingerprint density at radius 3 is 2.84 bits per heavy atom. The van der Waals surface area contributed by atoms with Crippen LogP contribution in [0.3, 0.4) is 0 Å². The van der Waals surface area contributed by atoms with E-state index in [1.54, 1.807) is 12.1 Å². The number of H-pyrrole nitrogens is 1. The van der Waals surface area contributed by atoms with Crippen LogP contribution < -0.4 is 4.74 Å². The number of para-hydroxylation sites is 1. The number of carbonyl (C=O) groups excluding carboxylic acids is 1. The maximum absolute atomic E-state index is 13.3. The second-order valence-corrected chi connectivity index (χ2v) is 9.50. The van der Waals surface area contributed by atoms with Gasteiger partial charge < -0.3 is 14.6 Å². The Morgan fingerprint density at radius 2 is 2.03 bits per heavy atom. The van der Waals surface area contributed by atoms with Gasteiger partial charge in [-0.3, -0.25) is 4.79 Å². The zero-order valence-electron chi connectivity index (χ0n) is 17.3. The molecule has 5 nitrogen and oxygen atoms in total. The van der Waals surface area contributed by atoms with E-state index in [2.05, 4.69) is 9.88 Å². The second-order valence-electron chi connectivity index (χ2n) is 8.55. The highest BCUT2D eigenvalue weighted by Crippen LogP contribution is 2.50. The van der Waals surface area contributed by atoms with Crippen LogP contribution in [-0.2, 0) is 6.61 Å². The molecule has 6 rings (SSSR count). The lowest BCUT2D eigenvalue weighted by molar-refractivity contribution is 0.0585. The quantitative estimate of drug-likeness (QED) is 0.426. The minimum absolute atomic E-state index is 0.0410. The summed E-state index contributed by atoms with van der Waals surface area (Å²) in [5.74, 6) is 1.77. The summed E-state index contributed by atoms with van der Waals surface area (Å²) < 4.78 is 19.2. The van der Waals surface area contributed by atoms with E-state index in [4.69, 9.17) is 9.72 Å². The number of amides is 1. The Balaban J connectivity index is 1.31. The fourth-order valence-corrected chi connectivity index (χ4v) is 5.85. The Hall–Kier alpha value is -3.19. The predicted octanol–water partition coefficient (Wildman–Crippen LogP) is 5.71. The number of hydrogen-bond acceptors (Lipinski definition) is 4. The number of rotatable bonds is 5. The molecule has 4 aromatic rings. The van der Waals surface area contributed by atoms with Crippen LogP contribution >= 0.6 is 11.3 Å². The molecule has 162 valence electrons. The molecule has 2 bridgehead atoms. The average Bonchev–Trinajstić information content (AvgIpc) is 3.61. The highest BCUT2D eigenvalue weighted by atomic mass is 32.1. The maximum Gasteiger partial charge on any atom is 0.264 e. The van der Waals surface area contributed by atoms with E-state index in [-0.39, 0.29) is 23.8 Å². The normalized spacial score (nSPS) is 22.0. The molecule has 32 heavy (non-hydrogen) atoms. The lowest BCUT2D eigenvalue weighted by Gasteiger charge is -2.34. The Kier molecular flexibility index (Phi) is 4.72.